The van der Waals surface area contributed by atoms with Crippen LogP contribution in [0.2, 0.25) is 0 Å². The smallest absolute Gasteiger partial charge is 0.338 e. The number of carbonyl (C=O) groups excluding carboxylic acids is 2. The maximum absolute atomic E-state index is 12.6. The third kappa shape index (κ3) is 5.29. The summed E-state index contributed by atoms with van der Waals surface area (Å²) in [6.07, 6.45) is 4.73. The van der Waals surface area contributed by atoms with Gasteiger partial charge in [-0.05, 0) is 69.4 Å². The number of esters is 2. The molecule has 0 aromatic heterocycles. The van der Waals surface area contributed by atoms with Gasteiger partial charge < -0.3 is 9.47 Å². The summed E-state index contributed by atoms with van der Waals surface area (Å²) in [5.41, 5.74) is 3.30. The van der Waals surface area contributed by atoms with E-state index in [1.807, 2.05) is 32.9 Å². The topological polar surface area (TPSA) is 52.6 Å². The monoisotopic (exact) mass is 408 g/mol. The minimum atomic E-state index is -0.462. The van der Waals surface area contributed by atoms with Gasteiger partial charge in [-0.2, -0.15) is 0 Å². The third-order valence-electron chi connectivity index (χ3n) is 5.69. The van der Waals surface area contributed by atoms with E-state index >= 15 is 0 Å². The summed E-state index contributed by atoms with van der Waals surface area (Å²) >= 11 is 0. The molecule has 160 valence electrons. The van der Waals surface area contributed by atoms with Gasteiger partial charge in [0.2, 0.25) is 0 Å². The van der Waals surface area contributed by atoms with Crippen molar-refractivity contribution in [2.75, 3.05) is 6.61 Å². The van der Waals surface area contributed by atoms with Gasteiger partial charge in [-0.1, -0.05) is 49.2 Å². The van der Waals surface area contributed by atoms with Crippen molar-refractivity contribution < 1.29 is 19.1 Å². The van der Waals surface area contributed by atoms with Crippen LogP contribution in [0.25, 0.3) is 11.1 Å². The Balaban J connectivity index is 1.77. The van der Waals surface area contributed by atoms with E-state index < -0.39 is 5.60 Å². The molecule has 2 aromatic carbocycles. The summed E-state index contributed by atoms with van der Waals surface area (Å²) in [5, 5.41) is 0. The van der Waals surface area contributed by atoms with Crippen LogP contribution in [-0.4, -0.2) is 24.1 Å². The Morgan fingerprint density at radius 1 is 0.900 bits per heavy atom. The number of carbonyl (C=O) groups is 2. The van der Waals surface area contributed by atoms with Crippen LogP contribution in [0.5, 0.6) is 0 Å². The van der Waals surface area contributed by atoms with E-state index in [-0.39, 0.29) is 17.4 Å². The number of ether oxygens (including phenoxy) is 2. The fraction of sp³-hybridized carbons (Fsp3) is 0.462. The quantitative estimate of drug-likeness (QED) is 0.544. The SMILES string of the molecule is CCOC(=O)c1ccc(-c2ccc(C3(CC(=O)OC(C)(C)C)CCCC3)cc2)cc1. The fourth-order valence-corrected chi connectivity index (χ4v) is 4.30. The zero-order chi connectivity index (χ0) is 21.8. The Bertz CT molecular complexity index is 867. The first-order valence-electron chi connectivity index (χ1n) is 10.8. The molecule has 1 aliphatic carbocycles. The van der Waals surface area contributed by atoms with E-state index in [2.05, 4.69) is 24.3 Å². The largest absolute Gasteiger partial charge is 0.462 e. The summed E-state index contributed by atoms with van der Waals surface area (Å²) in [7, 11) is 0. The van der Waals surface area contributed by atoms with Crippen molar-refractivity contribution in [1.82, 2.24) is 0 Å². The van der Waals surface area contributed by atoms with E-state index in [9.17, 15) is 9.59 Å². The highest BCUT2D eigenvalue weighted by molar-refractivity contribution is 5.90. The zero-order valence-electron chi connectivity index (χ0n) is 18.5. The lowest BCUT2D eigenvalue weighted by Gasteiger charge is -2.30. The fourth-order valence-electron chi connectivity index (χ4n) is 4.30. The molecule has 0 bridgehead atoms. The lowest BCUT2D eigenvalue weighted by molar-refractivity contribution is -0.156. The van der Waals surface area contributed by atoms with Crippen LogP contribution in [0, 0.1) is 0 Å². The van der Waals surface area contributed by atoms with Crippen molar-refractivity contribution in [3.8, 4) is 11.1 Å². The van der Waals surface area contributed by atoms with Crippen molar-refractivity contribution in [3.63, 3.8) is 0 Å². The van der Waals surface area contributed by atoms with Crippen molar-refractivity contribution in [2.45, 2.75) is 70.8 Å². The van der Waals surface area contributed by atoms with Gasteiger partial charge in [-0.25, -0.2) is 4.79 Å². The standard InChI is InChI=1S/C26H32O4/c1-5-29-24(28)21-10-8-19(9-11-21)20-12-14-22(15-13-20)26(16-6-7-17-26)18-23(27)30-25(2,3)4/h8-15H,5-7,16-18H2,1-4H3. The Morgan fingerprint density at radius 2 is 1.43 bits per heavy atom. The molecule has 4 heteroatoms. The van der Waals surface area contributed by atoms with Gasteiger partial charge in [-0.15, -0.1) is 0 Å². The minimum Gasteiger partial charge on any atom is -0.462 e. The molecule has 1 fully saturated rings. The van der Waals surface area contributed by atoms with E-state index in [1.165, 1.54) is 5.56 Å². The zero-order valence-corrected chi connectivity index (χ0v) is 18.5. The molecule has 0 unspecified atom stereocenters. The lowest BCUT2D eigenvalue weighted by atomic mass is 9.76. The molecule has 0 radical (unpaired) electrons. The Kier molecular flexibility index (Phi) is 6.64. The van der Waals surface area contributed by atoms with Crippen molar-refractivity contribution in [3.05, 3.63) is 59.7 Å². The van der Waals surface area contributed by atoms with Crippen LogP contribution in [0.4, 0.5) is 0 Å². The van der Waals surface area contributed by atoms with Gasteiger partial charge in [-0.3, -0.25) is 4.79 Å². The molecule has 3 rings (SSSR count). The van der Waals surface area contributed by atoms with Gasteiger partial charge >= 0.3 is 11.9 Å². The second-order valence-corrected chi connectivity index (χ2v) is 9.13. The van der Waals surface area contributed by atoms with Crippen LogP contribution < -0.4 is 0 Å². The second kappa shape index (κ2) is 9.03. The summed E-state index contributed by atoms with van der Waals surface area (Å²) in [5.74, 6) is -0.423. The predicted molar refractivity (Wildman–Crippen MR) is 118 cm³/mol. The predicted octanol–water partition coefficient (Wildman–Crippen LogP) is 6.07. The molecular formula is C26H32O4. The number of benzene rings is 2. The molecule has 2 aromatic rings. The highest BCUT2D eigenvalue weighted by Crippen LogP contribution is 2.44. The molecule has 0 saturated heterocycles. The van der Waals surface area contributed by atoms with Gasteiger partial charge in [0, 0.05) is 5.41 Å². The first kappa shape index (κ1) is 22.1. The maximum Gasteiger partial charge on any atom is 0.338 e. The number of hydrogen-bond acceptors (Lipinski definition) is 4. The molecule has 0 spiro atoms. The summed E-state index contributed by atoms with van der Waals surface area (Å²) in [6, 6.07) is 16.0. The molecular weight excluding hydrogens is 376 g/mol. The van der Waals surface area contributed by atoms with Gasteiger partial charge in [0.05, 0.1) is 18.6 Å². The van der Waals surface area contributed by atoms with Crippen LogP contribution in [0.15, 0.2) is 48.5 Å². The normalized spacial score (nSPS) is 15.6. The van der Waals surface area contributed by atoms with Crippen molar-refractivity contribution in [2.24, 2.45) is 0 Å². The van der Waals surface area contributed by atoms with E-state index in [0.717, 1.165) is 36.8 Å². The van der Waals surface area contributed by atoms with E-state index in [4.69, 9.17) is 9.47 Å². The number of rotatable bonds is 6. The molecule has 0 heterocycles. The first-order chi connectivity index (χ1) is 14.2. The summed E-state index contributed by atoms with van der Waals surface area (Å²) < 4.78 is 10.7. The van der Waals surface area contributed by atoms with E-state index in [0.29, 0.717) is 18.6 Å². The molecule has 1 saturated carbocycles. The highest BCUT2D eigenvalue weighted by atomic mass is 16.6. The highest BCUT2D eigenvalue weighted by Gasteiger charge is 2.38. The number of hydrogen-bond donors (Lipinski definition) is 0. The van der Waals surface area contributed by atoms with Gasteiger partial charge in [0.15, 0.2) is 0 Å². The average molecular weight is 409 g/mol. The molecule has 4 nitrogen and oxygen atoms in total. The third-order valence-corrected chi connectivity index (χ3v) is 5.69. The Labute approximate surface area is 179 Å². The summed E-state index contributed by atoms with van der Waals surface area (Å²) in [4.78, 5) is 24.4. The van der Waals surface area contributed by atoms with Crippen molar-refractivity contribution in [1.29, 1.82) is 0 Å². The Morgan fingerprint density at radius 3 is 1.93 bits per heavy atom. The van der Waals surface area contributed by atoms with Crippen LogP contribution in [0.1, 0.15) is 75.7 Å². The van der Waals surface area contributed by atoms with Crippen LogP contribution in [-0.2, 0) is 19.7 Å². The maximum atomic E-state index is 12.6. The molecule has 1 aliphatic rings. The molecule has 0 aliphatic heterocycles. The molecule has 0 atom stereocenters. The minimum absolute atomic E-state index is 0.122. The first-order valence-corrected chi connectivity index (χ1v) is 10.8. The molecule has 0 N–H and O–H groups in total. The van der Waals surface area contributed by atoms with Gasteiger partial charge in [0.25, 0.3) is 0 Å². The lowest BCUT2D eigenvalue weighted by Crippen LogP contribution is -2.31. The van der Waals surface area contributed by atoms with Crippen LogP contribution >= 0.6 is 0 Å². The van der Waals surface area contributed by atoms with Gasteiger partial charge in [0.1, 0.15) is 5.60 Å². The van der Waals surface area contributed by atoms with E-state index in [1.54, 1.807) is 19.1 Å². The van der Waals surface area contributed by atoms with Crippen LogP contribution in [0.3, 0.4) is 0 Å². The average Bonchev–Trinajstić information content (AvgIpc) is 3.16. The van der Waals surface area contributed by atoms with Crippen molar-refractivity contribution >= 4 is 11.9 Å². The second-order valence-electron chi connectivity index (χ2n) is 9.13. The molecule has 30 heavy (non-hydrogen) atoms. The molecule has 0 amide bonds. The Hall–Kier alpha value is -2.62. The summed E-state index contributed by atoms with van der Waals surface area (Å²) in [6.45, 7) is 7.90.